The normalized spacial score (nSPS) is 17.4. The number of hydrogen-bond donors (Lipinski definition) is 0. The van der Waals surface area contributed by atoms with Crippen LogP contribution in [-0.4, -0.2) is 56.7 Å². The zero-order chi connectivity index (χ0) is 27.5. The Kier molecular flexibility index (Phi) is 8.13. The van der Waals surface area contributed by atoms with Crippen molar-refractivity contribution in [1.82, 2.24) is 14.3 Å². The van der Waals surface area contributed by atoms with Gasteiger partial charge in [0.05, 0.1) is 23.0 Å². The van der Waals surface area contributed by atoms with Crippen molar-refractivity contribution in [3.8, 4) is 0 Å². The number of esters is 1. The second kappa shape index (κ2) is 11.7. The third-order valence-electron chi connectivity index (χ3n) is 7.09. The quantitative estimate of drug-likeness (QED) is 0.240. The molecule has 10 heteroatoms. The van der Waals surface area contributed by atoms with E-state index < -0.39 is 0 Å². The maximum absolute atomic E-state index is 13.8. The minimum absolute atomic E-state index is 0.172. The number of benzene rings is 1. The molecule has 0 N–H and O–H groups in total. The molecule has 8 nitrogen and oxygen atoms in total. The molecule has 0 aliphatic carbocycles. The van der Waals surface area contributed by atoms with E-state index in [0.717, 1.165) is 11.1 Å². The maximum Gasteiger partial charge on any atom is 0.309 e. The molecule has 1 amide bonds. The van der Waals surface area contributed by atoms with Crippen molar-refractivity contribution in [3.63, 3.8) is 0 Å². The summed E-state index contributed by atoms with van der Waals surface area (Å²) in [6.45, 7) is 5.64. The van der Waals surface area contributed by atoms with Crippen LogP contribution in [0.2, 0.25) is 0 Å². The summed E-state index contributed by atoms with van der Waals surface area (Å²) < 4.78 is 7.21. The average Bonchev–Trinajstić information content (AvgIpc) is 3.21. The number of pyridine rings is 1. The molecule has 2 aliphatic rings. The number of aryl methyl sites for hydroxylation is 1. The van der Waals surface area contributed by atoms with Gasteiger partial charge < -0.3 is 9.64 Å². The monoisotopic (exact) mass is 562 g/mol. The van der Waals surface area contributed by atoms with E-state index in [-0.39, 0.29) is 23.4 Å². The summed E-state index contributed by atoms with van der Waals surface area (Å²) in [5, 5.41) is 0. The van der Waals surface area contributed by atoms with Crippen LogP contribution in [-0.2, 0) is 20.7 Å². The Balaban J connectivity index is 1.47. The number of nitrogens with zero attached hydrogens (tertiary/aromatic N) is 4. The summed E-state index contributed by atoms with van der Waals surface area (Å²) in [5.74, 6) is -0.0412. The summed E-state index contributed by atoms with van der Waals surface area (Å²) in [5.41, 5.74) is 2.65. The first-order valence-electron chi connectivity index (χ1n) is 13.1. The van der Waals surface area contributed by atoms with Crippen LogP contribution in [0.5, 0.6) is 0 Å². The van der Waals surface area contributed by atoms with Crippen molar-refractivity contribution in [1.29, 1.82) is 0 Å². The highest BCUT2D eigenvalue weighted by Gasteiger charge is 2.33. The smallest absolute Gasteiger partial charge is 0.309 e. The lowest BCUT2D eigenvalue weighted by Gasteiger charge is -2.32. The highest BCUT2D eigenvalue weighted by atomic mass is 32.2. The molecule has 1 aromatic carbocycles. The number of rotatable bonds is 7. The molecular weight excluding hydrogens is 532 g/mol. The lowest BCUT2D eigenvalue weighted by atomic mass is 9.96. The van der Waals surface area contributed by atoms with Crippen LogP contribution in [0.25, 0.3) is 11.7 Å². The van der Waals surface area contributed by atoms with Crippen LogP contribution in [0, 0.1) is 12.8 Å². The van der Waals surface area contributed by atoms with E-state index in [4.69, 9.17) is 21.9 Å². The van der Waals surface area contributed by atoms with Gasteiger partial charge in [0.25, 0.3) is 11.5 Å². The van der Waals surface area contributed by atoms with Gasteiger partial charge in [0.15, 0.2) is 0 Å². The number of carbonyl (C=O) groups is 2. The van der Waals surface area contributed by atoms with E-state index in [1.165, 1.54) is 16.2 Å². The molecule has 39 heavy (non-hydrogen) atoms. The van der Waals surface area contributed by atoms with E-state index >= 15 is 0 Å². The van der Waals surface area contributed by atoms with Gasteiger partial charge in [-0.15, -0.1) is 0 Å². The second-order valence-electron chi connectivity index (χ2n) is 9.62. The molecule has 2 aliphatic heterocycles. The van der Waals surface area contributed by atoms with E-state index in [0.29, 0.717) is 71.8 Å². The Morgan fingerprint density at radius 3 is 2.62 bits per heavy atom. The molecule has 0 radical (unpaired) electrons. The molecular formula is C29H30N4O4S2. The molecule has 3 aromatic rings. The number of fused-ring (bicyclic) bond motifs is 1. The first-order chi connectivity index (χ1) is 18.9. The number of carbonyl (C=O) groups excluding carboxylic acids is 2. The Morgan fingerprint density at radius 1 is 1.15 bits per heavy atom. The minimum atomic E-state index is -0.249. The molecule has 0 spiro atoms. The van der Waals surface area contributed by atoms with Crippen LogP contribution in [0.3, 0.4) is 0 Å². The number of anilines is 1. The highest BCUT2D eigenvalue weighted by molar-refractivity contribution is 8.26. The fourth-order valence-electron chi connectivity index (χ4n) is 4.96. The summed E-state index contributed by atoms with van der Waals surface area (Å²) in [6, 6.07) is 13.7. The summed E-state index contributed by atoms with van der Waals surface area (Å²) in [6.07, 6.45) is 5.22. The zero-order valence-electron chi connectivity index (χ0n) is 22.0. The SMILES string of the molecule is CCOC(=O)C1CCN(c2nc3c(C)cccn3c(=O)c2/C=C2\SC(=S)N(CCc3ccccc3)C2=O)CC1. The van der Waals surface area contributed by atoms with Gasteiger partial charge in [0, 0.05) is 25.8 Å². The fraction of sp³-hybridized carbons (Fsp3) is 0.345. The lowest BCUT2D eigenvalue weighted by Crippen LogP contribution is -2.39. The number of hydrogen-bond acceptors (Lipinski definition) is 8. The fourth-order valence-corrected chi connectivity index (χ4v) is 6.25. The topological polar surface area (TPSA) is 84.2 Å². The zero-order valence-corrected chi connectivity index (χ0v) is 23.6. The Morgan fingerprint density at radius 2 is 1.90 bits per heavy atom. The van der Waals surface area contributed by atoms with Crippen LogP contribution >= 0.6 is 24.0 Å². The van der Waals surface area contributed by atoms with Crippen molar-refractivity contribution >= 4 is 57.7 Å². The number of thiocarbonyl (C=S) groups is 1. The molecule has 2 saturated heterocycles. The van der Waals surface area contributed by atoms with Crippen LogP contribution in [0.15, 0.2) is 58.4 Å². The summed E-state index contributed by atoms with van der Waals surface area (Å²) in [4.78, 5) is 48.4. The second-order valence-corrected chi connectivity index (χ2v) is 11.3. The Bertz CT molecular complexity index is 1510. The number of aromatic nitrogens is 2. The Labute approximate surface area is 236 Å². The maximum atomic E-state index is 13.8. The molecule has 202 valence electrons. The van der Waals surface area contributed by atoms with Gasteiger partial charge in [-0.1, -0.05) is 60.4 Å². The average molecular weight is 563 g/mol. The summed E-state index contributed by atoms with van der Waals surface area (Å²) >= 11 is 6.75. The number of ether oxygens (including phenoxy) is 1. The van der Waals surface area contributed by atoms with Gasteiger partial charge in [-0.2, -0.15) is 0 Å². The van der Waals surface area contributed by atoms with Crippen molar-refractivity contribution in [2.45, 2.75) is 33.1 Å². The summed E-state index contributed by atoms with van der Waals surface area (Å²) in [7, 11) is 0. The molecule has 2 fully saturated rings. The highest BCUT2D eigenvalue weighted by Crippen LogP contribution is 2.34. The standard InChI is InChI=1S/C29H30N4O4S2/c1-3-37-28(36)21-12-15-31(16-13-21)25-22(26(34)32-14-7-8-19(2)24(32)30-25)18-23-27(35)33(29(38)39-23)17-11-20-9-5-4-6-10-20/h4-10,14,18,21H,3,11-13,15-17H2,1-2H3/b23-18-. The molecule has 0 bridgehead atoms. The van der Waals surface area contributed by atoms with Gasteiger partial charge in [-0.25, -0.2) is 4.98 Å². The predicted octanol–water partition coefficient (Wildman–Crippen LogP) is 4.23. The van der Waals surface area contributed by atoms with Gasteiger partial charge in [0.2, 0.25) is 0 Å². The van der Waals surface area contributed by atoms with Gasteiger partial charge in [-0.05, 0) is 56.4 Å². The molecule has 0 unspecified atom stereocenters. The van der Waals surface area contributed by atoms with Crippen molar-refractivity contribution < 1.29 is 14.3 Å². The van der Waals surface area contributed by atoms with Crippen molar-refractivity contribution in [2.24, 2.45) is 5.92 Å². The molecule has 4 heterocycles. The minimum Gasteiger partial charge on any atom is -0.466 e. The Hall–Kier alpha value is -3.50. The molecule has 0 atom stereocenters. The molecule has 2 aromatic heterocycles. The van der Waals surface area contributed by atoms with E-state index in [2.05, 4.69) is 0 Å². The predicted molar refractivity (Wildman–Crippen MR) is 158 cm³/mol. The van der Waals surface area contributed by atoms with Crippen LogP contribution < -0.4 is 10.5 Å². The van der Waals surface area contributed by atoms with Gasteiger partial charge >= 0.3 is 5.97 Å². The third kappa shape index (κ3) is 5.62. The molecule has 0 saturated carbocycles. The number of thioether (sulfide) groups is 1. The lowest BCUT2D eigenvalue weighted by molar-refractivity contribution is -0.148. The third-order valence-corrected chi connectivity index (χ3v) is 8.47. The van der Waals surface area contributed by atoms with Crippen molar-refractivity contribution in [3.05, 3.63) is 80.6 Å². The number of amides is 1. The molecule has 5 rings (SSSR count). The first-order valence-corrected chi connectivity index (χ1v) is 14.3. The van der Waals surface area contributed by atoms with E-state index in [1.807, 2.05) is 54.3 Å². The van der Waals surface area contributed by atoms with Gasteiger partial charge in [-0.3, -0.25) is 23.7 Å². The first kappa shape index (κ1) is 27.1. The van der Waals surface area contributed by atoms with Gasteiger partial charge in [0.1, 0.15) is 15.8 Å². The van der Waals surface area contributed by atoms with Crippen LogP contribution in [0.1, 0.15) is 36.5 Å². The van der Waals surface area contributed by atoms with E-state index in [1.54, 1.807) is 24.1 Å². The number of piperidine rings is 1. The largest absolute Gasteiger partial charge is 0.466 e. The van der Waals surface area contributed by atoms with E-state index in [9.17, 15) is 14.4 Å². The van der Waals surface area contributed by atoms with Crippen molar-refractivity contribution in [2.75, 3.05) is 31.1 Å². The van der Waals surface area contributed by atoms with Crippen LogP contribution in [0.4, 0.5) is 5.82 Å².